The lowest BCUT2D eigenvalue weighted by atomic mass is 10.1. The average molecular weight is 295 g/mol. The molecule has 1 amide bonds. The predicted octanol–water partition coefficient (Wildman–Crippen LogP) is 0.916. The second-order valence-corrected chi connectivity index (χ2v) is 6.49. The third-order valence-corrected chi connectivity index (χ3v) is 4.69. The molecule has 2 N–H and O–H groups in total. The van der Waals surface area contributed by atoms with Crippen molar-refractivity contribution in [3.8, 4) is 0 Å². The van der Waals surface area contributed by atoms with Crippen LogP contribution in [-0.2, 0) is 26.1 Å². The molecule has 6 heteroatoms. The van der Waals surface area contributed by atoms with Crippen LogP contribution in [0.4, 0.5) is 0 Å². The van der Waals surface area contributed by atoms with Crippen LogP contribution in [0.25, 0.3) is 0 Å². The zero-order valence-corrected chi connectivity index (χ0v) is 11.8. The monoisotopic (exact) mass is 295 g/mol. The molecular formula is C14H17NO4S. The topological polar surface area (TPSA) is 83.5 Å². The molecule has 1 aliphatic rings. The van der Waals surface area contributed by atoms with Crippen molar-refractivity contribution in [2.75, 3.05) is 12.3 Å². The predicted molar refractivity (Wildman–Crippen MR) is 75.5 cm³/mol. The van der Waals surface area contributed by atoms with Crippen molar-refractivity contribution >= 4 is 22.7 Å². The molecule has 1 unspecified atom stereocenters. The van der Waals surface area contributed by atoms with Gasteiger partial charge in [0.05, 0.1) is 0 Å². The summed E-state index contributed by atoms with van der Waals surface area (Å²) in [6.07, 6.45) is 0.780. The zero-order chi connectivity index (χ0) is 14.6. The Bertz CT molecular complexity index is 525. The van der Waals surface area contributed by atoms with Gasteiger partial charge in [-0.25, -0.2) is 0 Å². The van der Waals surface area contributed by atoms with Crippen molar-refractivity contribution in [3.05, 3.63) is 35.9 Å². The van der Waals surface area contributed by atoms with E-state index in [1.54, 1.807) is 0 Å². The molecule has 1 aliphatic carbocycles. The lowest BCUT2D eigenvalue weighted by Gasteiger charge is -2.10. The van der Waals surface area contributed by atoms with Crippen LogP contribution in [0.5, 0.6) is 0 Å². The van der Waals surface area contributed by atoms with Gasteiger partial charge >= 0.3 is 5.97 Å². The molecule has 108 valence electrons. The molecule has 1 aromatic rings. The Labute approximate surface area is 119 Å². The maximum Gasteiger partial charge on any atom is 0.319 e. The number of nitrogens with one attached hydrogen (secondary N) is 1. The molecule has 0 spiro atoms. The Morgan fingerprint density at radius 2 is 1.90 bits per heavy atom. The number of carboxylic acid groups (broad SMARTS) is 1. The largest absolute Gasteiger partial charge is 0.480 e. The summed E-state index contributed by atoms with van der Waals surface area (Å²) in [4.78, 5) is 22.7. The first-order valence-corrected chi connectivity index (χ1v) is 7.94. The van der Waals surface area contributed by atoms with E-state index >= 15 is 0 Å². The maximum absolute atomic E-state index is 11.8. The lowest BCUT2D eigenvalue weighted by Crippen LogP contribution is -2.38. The molecule has 1 atom stereocenters. The Balaban J connectivity index is 1.72. The van der Waals surface area contributed by atoms with Crippen molar-refractivity contribution in [2.24, 2.45) is 5.41 Å². The Kier molecular flexibility index (Phi) is 4.54. The van der Waals surface area contributed by atoms with E-state index in [2.05, 4.69) is 5.32 Å². The number of carbonyl (C=O) groups is 2. The summed E-state index contributed by atoms with van der Waals surface area (Å²) in [5.74, 6) is -0.751. The number of hydrogen-bond acceptors (Lipinski definition) is 3. The molecule has 1 aromatic carbocycles. The van der Waals surface area contributed by atoms with Gasteiger partial charge in [-0.1, -0.05) is 30.3 Å². The van der Waals surface area contributed by atoms with E-state index in [-0.39, 0.29) is 6.54 Å². The normalized spacial score (nSPS) is 17.2. The minimum atomic E-state index is -1.22. The first-order valence-electron chi connectivity index (χ1n) is 6.45. The minimum Gasteiger partial charge on any atom is -0.480 e. The van der Waals surface area contributed by atoms with Gasteiger partial charge in [-0.2, -0.15) is 0 Å². The van der Waals surface area contributed by atoms with E-state index in [0.29, 0.717) is 24.3 Å². The SMILES string of the molecule is O=C(O)C1(C(=O)NCCS(=O)Cc2ccccc2)CC1. The van der Waals surface area contributed by atoms with Crippen LogP contribution in [0.15, 0.2) is 30.3 Å². The van der Waals surface area contributed by atoms with E-state index in [1.807, 2.05) is 30.3 Å². The van der Waals surface area contributed by atoms with Crippen molar-refractivity contribution < 1.29 is 18.9 Å². The second kappa shape index (κ2) is 6.17. The maximum atomic E-state index is 11.8. The molecule has 2 rings (SSSR count). The summed E-state index contributed by atoms with van der Waals surface area (Å²) in [5.41, 5.74) is -0.234. The average Bonchev–Trinajstić information content (AvgIpc) is 3.21. The molecular weight excluding hydrogens is 278 g/mol. The summed E-state index contributed by atoms with van der Waals surface area (Å²) in [6, 6.07) is 9.48. The Hall–Kier alpha value is -1.69. The van der Waals surface area contributed by atoms with Crippen LogP contribution in [0.3, 0.4) is 0 Å². The first-order chi connectivity index (χ1) is 9.54. The van der Waals surface area contributed by atoms with Gasteiger partial charge in [-0.15, -0.1) is 0 Å². The third-order valence-electron chi connectivity index (χ3n) is 3.38. The van der Waals surface area contributed by atoms with E-state index in [0.717, 1.165) is 5.56 Å². The standard InChI is InChI=1S/C14H17NO4S/c16-12(14(6-7-14)13(17)18)15-8-9-20(19)10-11-4-2-1-3-5-11/h1-5H,6-10H2,(H,15,16)(H,17,18). The van der Waals surface area contributed by atoms with E-state index in [9.17, 15) is 13.8 Å². The number of amides is 1. The Morgan fingerprint density at radius 3 is 2.45 bits per heavy atom. The van der Waals surface area contributed by atoms with Crippen molar-refractivity contribution in [2.45, 2.75) is 18.6 Å². The van der Waals surface area contributed by atoms with Gasteiger partial charge in [0.25, 0.3) is 0 Å². The Morgan fingerprint density at radius 1 is 1.25 bits per heavy atom. The van der Waals surface area contributed by atoms with E-state index in [4.69, 9.17) is 5.11 Å². The smallest absolute Gasteiger partial charge is 0.319 e. The summed E-state index contributed by atoms with van der Waals surface area (Å²) in [7, 11) is -1.07. The molecule has 0 aromatic heterocycles. The highest BCUT2D eigenvalue weighted by atomic mass is 32.2. The van der Waals surface area contributed by atoms with Crippen LogP contribution >= 0.6 is 0 Å². The molecule has 20 heavy (non-hydrogen) atoms. The van der Waals surface area contributed by atoms with Crippen LogP contribution in [0.2, 0.25) is 0 Å². The van der Waals surface area contributed by atoms with Gasteiger partial charge in [0.15, 0.2) is 0 Å². The minimum absolute atomic E-state index is 0.243. The highest BCUT2D eigenvalue weighted by Crippen LogP contribution is 2.45. The number of aliphatic carboxylic acids is 1. The van der Waals surface area contributed by atoms with Crippen molar-refractivity contribution in [1.29, 1.82) is 0 Å². The van der Waals surface area contributed by atoms with Gasteiger partial charge in [-0.3, -0.25) is 13.8 Å². The van der Waals surface area contributed by atoms with Crippen LogP contribution in [0, 0.1) is 5.41 Å². The molecule has 1 fully saturated rings. The summed E-state index contributed by atoms with van der Waals surface area (Å²) >= 11 is 0. The third kappa shape index (κ3) is 3.45. The van der Waals surface area contributed by atoms with Gasteiger partial charge in [0.1, 0.15) is 5.41 Å². The first kappa shape index (κ1) is 14.7. The van der Waals surface area contributed by atoms with Gasteiger partial charge in [0.2, 0.25) is 5.91 Å². The molecule has 5 nitrogen and oxygen atoms in total. The van der Waals surface area contributed by atoms with Crippen LogP contribution in [0.1, 0.15) is 18.4 Å². The van der Waals surface area contributed by atoms with Crippen molar-refractivity contribution in [1.82, 2.24) is 5.32 Å². The number of rotatable bonds is 7. The van der Waals surface area contributed by atoms with Crippen LogP contribution < -0.4 is 5.32 Å². The lowest BCUT2D eigenvalue weighted by molar-refractivity contribution is -0.148. The molecule has 1 saturated carbocycles. The van der Waals surface area contributed by atoms with Crippen molar-refractivity contribution in [3.63, 3.8) is 0 Å². The van der Waals surface area contributed by atoms with E-state index < -0.39 is 28.1 Å². The summed E-state index contributed by atoms with van der Waals surface area (Å²) in [6.45, 7) is 0.243. The van der Waals surface area contributed by atoms with Gasteiger partial charge < -0.3 is 10.4 Å². The highest BCUT2D eigenvalue weighted by molar-refractivity contribution is 7.84. The number of carboxylic acids is 1. The molecule has 0 aliphatic heterocycles. The highest BCUT2D eigenvalue weighted by Gasteiger charge is 2.56. The van der Waals surface area contributed by atoms with Gasteiger partial charge in [-0.05, 0) is 18.4 Å². The zero-order valence-electron chi connectivity index (χ0n) is 11.0. The van der Waals surface area contributed by atoms with E-state index in [1.165, 1.54) is 0 Å². The fourth-order valence-corrected chi connectivity index (χ4v) is 2.98. The van der Waals surface area contributed by atoms with Crippen LogP contribution in [-0.4, -0.2) is 33.5 Å². The molecule has 0 heterocycles. The molecule has 0 saturated heterocycles. The number of carbonyl (C=O) groups excluding carboxylic acids is 1. The molecule has 0 radical (unpaired) electrons. The summed E-state index contributed by atoms with van der Waals surface area (Å²) < 4.78 is 11.8. The summed E-state index contributed by atoms with van der Waals surface area (Å²) in [5, 5.41) is 11.5. The fraction of sp³-hybridized carbons (Fsp3) is 0.429. The number of hydrogen-bond donors (Lipinski definition) is 2. The molecule has 0 bridgehead atoms. The second-order valence-electron chi connectivity index (χ2n) is 4.92. The fourth-order valence-electron chi connectivity index (χ4n) is 1.94. The number of benzene rings is 1. The quantitative estimate of drug-likeness (QED) is 0.733. The van der Waals surface area contributed by atoms with Gasteiger partial charge in [0, 0.05) is 28.9 Å².